The molecule has 0 radical (unpaired) electrons. The standard InChI is InChI=1S/C34H24F2N4O2/c35-25-17-13-23(14-18-25)31-37-29-11-5-3-9-27(29)33(41)39(31)21-7-1-2-8-22-40-32(24-15-19-26(36)20-16-24)38-30-12-6-4-10-28(30)34(40)42/h3-6,9-20,31-32,37-38H,21-22H2. The lowest BCUT2D eigenvalue weighted by molar-refractivity contribution is 0.0703. The van der Waals surface area contributed by atoms with Crippen molar-refractivity contribution < 1.29 is 18.4 Å². The average Bonchev–Trinajstić information content (AvgIpc) is 3.01. The molecule has 2 N–H and O–H groups in total. The van der Waals surface area contributed by atoms with E-state index in [9.17, 15) is 18.4 Å². The Labute approximate surface area is 242 Å². The molecule has 6 nitrogen and oxygen atoms in total. The summed E-state index contributed by atoms with van der Waals surface area (Å²) in [7, 11) is 0. The number of para-hydroxylation sites is 2. The van der Waals surface area contributed by atoms with E-state index in [-0.39, 0.29) is 36.5 Å². The molecule has 0 spiro atoms. The van der Waals surface area contributed by atoms with E-state index in [1.807, 2.05) is 24.3 Å². The second-order valence-corrected chi connectivity index (χ2v) is 9.76. The number of halogens is 2. The van der Waals surface area contributed by atoms with Gasteiger partial charge in [0, 0.05) is 11.4 Å². The Hall–Kier alpha value is -5.60. The number of anilines is 2. The van der Waals surface area contributed by atoms with E-state index in [0.717, 1.165) is 11.1 Å². The van der Waals surface area contributed by atoms with Crippen molar-refractivity contribution in [3.63, 3.8) is 0 Å². The molecule has 0 fully saturated rings. The molecule has 206 valence electrons. The number of nitrogens with one attached hydrogen (secondary N) is 2. The number of amides is 2. The van der Waals surface area contributed by atoms with Gasteiger partial charge in [0.2, 0.25) is 0 Å². The van der Waals surface area contributed by atoms with E-state index in [0.29, 0.717) is 22.5 Å². The lowest BCUT2D eigenvalue weighted by Crippen LogP contribution is -2.43. The van der Waals surface area contributed by atoms with Crippen LogP contribution in [0.15, 0.2) is 97.1 Å². The van der Waals surface area contributed by atoms with Gasteiger partial charge in [-0.1, -0.05) is 60.4 Å². The van der Waals surface area contributed by atoms with Crippen molar-refractivity contribution in [1.82, 2.24) is 9.80 Å². The molecule has 6 rings (SSSR count). The summed E-state index contributed by atoms with van der Waals surface area (Å²) in [4.78, 5) is 29.9. The summed E-state index contributed by atoms with van der Waals surface area (Å²) in [5.41, 5.74) is 3.86. The molecule has 0 aliphatic carbocycles. The van der Waals surface area contributed by atoms with Gasteiger partial charge in [-0.05, 0) is 71.5 Å². The van der Waals surface area contributed by atoms with Crippen LogP contribution in [0.2, 0.25) is 0 Å². The third-order valence-corrected chi connectivity index (χ3v) is 7.15. The number of hydrogen-bond acceptors (Lipinski definition) is 4. The second kappa shape index (κ2) is 11.5. The minimum Gasteiger partial charge on any atom is -0.361 e. The molecule has 4 aromatic rings. The molecule has 2 unspecified atom stereocenters. The van der Waals surface area contributed by atoms with Crippen LogP contribution in [0.25, 0.3) is 0 Å². The van der Waals surface area contributed by atoms with E-state index >= 15 is 0 Å². The molecule has 8 heteroatoms. The molecule has 0 bridgehead atoms. The largest absolute Gasteiger partial charge is 0.361 e. The third kappa shape index (κ3) is 5.26. The molecule has 2 aliphatic rings. The Balaban J connectivity index is 1.21. The molecule has 0 saturated carbocycles. The Morgan fingerprint density at radius 1 is 0.571 bits per heavy atom. The number of rotatable bonds is 4. The van der Waals surface area contributed by atoms with Crippen LogP contribution in [0, 0.1) is 35.3 Å². The molecular weight excluding hydrogens is 534 g/mol. The molecule has 2 atom stereocenters. The van der Waals surface area contributed by atoms with Crippen LogP contribution in [-0.2, 0) is 0 Å². The fourth-order valence-electron chi connectivity index (χ4n) is 5.07. The van der Waals surface area contributed by atoms with Crippen molar-refractivity contribution in [3.8, 4) is 23.7 Å². The van der Waals surface area contributed by atoms with Crippen LogP contribution in [0.1, 0.15) is 44.2 Å². The van der Waals surface area contributed by atoms with Gasteiger partial charge >= 0.3 is 0 Å². The predicted octanol–water partition coefficient (Wildman–Crippen LogP) is 5.80. The van der Waals surface area contributed by atoms with Crippen LogP contribution in [0.5, 0.6) is 0 Å². The molecular formula is C34H24F2N4O2. The minimum absolute atomic E-state index is 0.0761. The molecule has 42 heavy (non-hydrogen) atoms. The van der Waals surface area contributed by atoms with Crippen LogP contribution < -0.4 is 10.6 Å². The van der Waals surface area contributed by atoms with Gasteiger partial charge < -0.3 is 20.4 Å². The number of benzene rings is 4. The van der Waals surface area contributed by atoms with Gasteiger partial charge in [0.15, 0.2) is 0 Å². The predicted molar refractivity (Wildman–Crippen MR) is 156 cm³/mol. The van der Waals surface area contributed by atoms with E-state index in [1.54, 1.807) is 58.3 Å². The SMILES string of the molecule is O=C1c2ccccc2NC(c2ccc(F)cc2)N1CC#CC#CCN1C(=O)c2ccccc2NC1c1ccc(F)cc1. The maximum Gasteiger partial charge on any atom is 0.258 e. The van der Waals surface area contributed by atoms with Crippen molar-refractivity contribution in [3.05, 3.63) is 131 Å². The van der Waals surface area contributed by atoms with Crippen molar-refractivity contribution in [2.45, 2.75) is 12.3 Å². The van der Waals surface area contributed by atoms with Crippen LogP contribution in [0.4, 0.5) is 20.2 Å². The highest BCUT2D eigenvalue weighted by molar-refractivity contribution is 6.02. The van der Waals surface area contributed by atoms with Crippen molar-refractivity contribution in [2.24, 2.45) is 0 Å². The Kier molecular flexibility index (Phi) is 7.28. The maximum atomic E-state index is 13.6. The van der Waals surface area contributed by atoms with Crippen LogP contribution >= 0.6 is 0 Å². The normalized spacial score (nSPS) is 17.0. The number of hydrogen-bond donors (Lipinski definition) is 2. The van der Waals surface area contributed by atoms with E-state index in [2.05, 4.69) is 34.3 Å². The third-order valence-electron chi connectivity index (χ3n) is 7.15. The quantitative estimate of drug-likeness (QED) is 0.311. The first kappa shape index (κ1) is 26.6. The molecule has 4 aromatic carbocycles. The van der Waals surface area contributed by atoms with Crippen LogP contribution in [-0.4, -0.2) is 34.7 Å². The van der Waals surface area contributed by atoms with Crippen molar-refractivity contribution >= 4 is 23.2 Å². The first-order valence-electron chi connectivity index (χ1n) is 13.3. The van der Waals surface area contributed by atoms with Gasteiger partial charge in [0.1, 0.15) is 24.0 Å². The topological polar surface area (TPSA) is 64.7 Å². The van der Waals surface area contributed by atoms with Crippen molar-refractivity contribution in [1.29, 1.82) is 0 Å². The summed E-state index contributed by atoms with van der Waals surface area (Å²) < 4.78 is 27.1. The zero-order valence-electron chi connectivity index (χ0n) is 22.3. The minimum atomic E-state index is -0.538. The van der Waals surface area contributed by atoms with E-state index in [1.165, 1.54) is 24.3 Å². The lowest BCUT2D eigenvalue weighted by Gasteiger charge is -2.37. The Morgan fingerprint density at radius 2 is 0.952 bits per heavy atom. The first-order chi connectivity index (χ1) is 20.5. The highest BCUT2D eigenvalue weighted by atomic mass is 19.1. The fraction of sp³-hybridized carbons (Fsp3) is 0.118. The molecule has 0 aromatic heterocycles. The number of carbonyl (C=O) groups excluding carboxylic acids is 2. The Bertz CT molecular complexity index is 1650. The Morgan fingerprint density at radius 3 is 1.36 bits per heavy atom. The zero-order chi connectivity index (χ0) is 29.1. The first-order valence-corrected chi connectivity index (χ1v) is 13.3. The van der Waals surface area contributed by atoms with Crippen LogP contribution in [0.3, 0.4) is 0 Å². The highest BCUT2D eigenvalue weighted by Gasteiger charge is 2.33. The highest BCUT2D eigenvalue weighted by Crippen LogP contribution is 2.34. The van der Waals surface area contributed by atoms with Gasteiger partial charge in [-0.25, -0.2) is 8.78 Å². The molecule has 2 aliphatic heterocycles. The summed E-state index contributed by atoms with van der Waals surface area (Å²) >= 11 is 0. The molecule has 2 amide bonds. The summed E-state index contributed by atoms with van der Waals surface area (Å²) in [5, 5.41) is 6.70. The summed E-state index contributed by atoms with van der Waals surface area (Å²) in [5.74, 6) is 10.3. The number of fused-ring (bicyclic) bond motifs is 2. The monoisotopic (exact) mass is 558 g/mol. The van der Waals surface area contributed by atoms with E-state index < -0.39 is 12.3 Å². The van der Waals surface area contributed by atoms with E-state index in [4.69, 9.17) is 0 Å². The molecule has 2 heterocycles. The maximum absolute atomic E-state index is 13.6. The summed E-state index contributed by atoms with van der Waals surface area (Å²) in [6.07, 6.45) is -1.08. The van der Waals surface area contributed by atoms with Gasteiger partial charge in [0.05, 0.1) is 24.2 Å². The zero-order valence-corrected chi connectivity index (χ0v) is 22.3. The van der Waals surface area contributed by atoms with Gasteiger partial charge in [-0.3, -0.25) is 9.59 Å². The molecule has 0 saturated heterocycles. The lowest BCUT2D eigenvalue weighted by atomic mass is 10.0. The number of nitrogens with zero attached hydrogens (tertiary/aromatic N) is 2. The fourth-order valence-corrected chi connectivity index (χ4v) is 5.07. The van der Waals surface area contributed by atoms with Gasteiger partial charge in [-0.15, -0.1) is 0 Å². The van der Waals surface area contributed by atoms with Crippen molar-refractivity contribution in [2.75, 3.05) is 23.7 Å². The smallest absolute Gasteiger partial charge is 0.258 e. The summed E-state index contributed by atoms with van der Waals surface area (Å²) in [6, 6.07) is 26.3. The number of carbonyl (C=O) groups is 2. The average molecular weight is 559 g/mol. The second-order valence-electron chi connectivity index (χ2n) is 9.76. The summed E-state index contributed by atoms with van der Waals surface area (Å²) in [6.45, 7) is 0.152. The van der Waals surface area contributed by atoms with Gasteiger partial charge in [0.25, 0.3) is 11.8 Å². The van der Waals surface area contributed by atoms with Gasteiger partial charge in [-0.2, -0.15) is 0 Å².